The number of hydrogen-bond acceptors (Lipinski definition) is 2. The van der Waals surface area contributed by atoms with Gasteiger partial charge in [0.2, 0.25) is 0 Å². The number of hydrogen-bond donors (Lipinski definition) is 1. The number of piperidine rings is 1. The van der Waals surface area contributed by atoms with Crippen LogP contribution in [0.2, 0.25) is 0 Å². The second-order valence-electron chi connectivity index (χ2n) is 5.12. The number of nitrogens with two attached hydrogens (primary N) is 1. The minimum Gasteiger partial charge on any atom is -0.363 e. The van der Waals surface area contributed by atoms with Crippen molar-refractivity contribution in [2.45, 2.75) is 43.8 Å². The topological polar surface area (TPSA) is 29.3 Å². The standard InChI is InChI=1S/C13H16F2N2/c14-8-1-4-13(12(15)5-8)17-10-2-3-11(17)7-9(16)6-10/h1,4-5,9-11H,2-3,6-7,16H2. The van der Waals surface area contributed by atoms with Gasteiger partial charge in [0.15, 0.2) is 0 Å². The highest BCUT2D eigenvalue weighted by Crippen LogP contribution is 2.39. The second kappa shape index (κ2) is 3.95. The van der Waals surface area contributed by atoms with Crippen LogP contribution in [0.15, 0.2) is 18.2 Å². The van der Waals surface area contributed by atoms with Crippen molar-refractivity contribution in [2.75, 3.05) is 4.90 Å². The highest BCUT2D eigenvalue weighted by molar-refractivity contribution is 5.51. The van der Waals surface area contributed by atoms with Crippen molar-refractivity contribution in [2.24, 2.45) is 5.73 Å². The van der Waals surface area contributed by atoms with E-state index in [1.54, 1.807) is 6.07 Å². The zero-order valence-corrected chi connectivity index (χ0v) is 9.57. The quantitative estimate of drug-likeness (QED) is 0.814. The Bertz CT molecular complexity index is 421. The average Bonchev–Trinajstić information content (AvgIpc) is 2.53. The molecule has 2 bridgehead atoms. The van der Waals surface area contributed by atoms with Crippen molar-refractivity contribution in [1.82, 2.24) is 0 Å². The number of benzene rings is 1. The summed E-state index contributed by atoms with van der Waals surface area (Å²) in [4.78, 5) is 2.11. The third kappa shape index (κ3) is 1.80. The summed E-state index contributed by atoms with van der Waals surface area (Å²) in [5, 5.41) is 0. The lowest BCUT2D eigenvalue weighted by Crippen LogP contribution is -2.47. The molecular formula is C13H16F2N2. The number of anilines is 1. The molecule has 2 atom stereocenters. The van der Waals surface area contributed by atoms with Crippen molar-refractivity contribution in [1.29, 1.82) is 0 Å². The smallest absolute Gasteiger partial charge is 0.149 e. The van der Waals surface area contributed by atoms with Gasteiger partial charge in [-0.1, -0.05) is 0 Å². The van der Waals surface area contributed by atoms with Gasteiger partial charge in [-0.3, -0.25) is 0 Å². The molecule has 2 N–H and O–H groups in total. The normalized spacial score (nSPS) is 31.9. The van der Waals surface area contributed by atoms with Crippen LogP contribution < -0.4 is 10.6 Å². The fraction of sp³-hybridized carbons (Fsp3) is 0.538. The fourth-order valence-corrected chi connectivity index (χ4v) is 3.30. The summed E-state index contributed by atoms with van der Waals surface area (Å²) in [5.41, 5.74) is 6.51. The van der Waals surface area contributed by atoms with Gasteiger partial charge in [0.05, 0.1) is 5.69 Å². The Balaban J connectivity index is 1.94. The zero-order valence-electron chi connectivity index (χ0n) is 9.57. The van der Waals surface area contributed by atoms with Crippen LogP contribution in [0, 0.1) is 11.6 Å². The predicted molar refractivity (Wildman–Crippen MR) is 62.9 cm³/mol. The lowest BCUT2D eigenvalue weighted by molar-refractivity contribution is 0.409. The van der Waals surface area contributed by atoms with Gasteiger partial charge >= 0.3 is 0 Å². The number of rotatable bonds is 1. The third-order valence-corrected chi connectivity index (χ3v) is 3.96. The van der Waals surface area contributed by atoms with Crippen molar-refractivity contribution in [3.8, 4) is 0 Å². The highest BCUT2D eigenvalue weighted by Gasteiger charge is 2.40. The summed E-state index contributed by atoms with van der Waals surface area (Å²) in [6, 6.07) is 4.71. The van der Waals surface area contributed by atoms with Crippen molar-refractivity contribution < 1.29 is 8.78 Å². The average molecular weight is 238 g/mol. The molecule has 1 aromatic carbocycles. The minimum absolute atomic E-state index is 0.229. The predicted octanol–water partition coefficient (Wildman–Crippen LogP) is 2.42. The molecule has 2 unspecified atom stereocenters. The van der Waals surface area contributed by atoms with E-state index in [-0.39, 0.29) is 6.04 Å². The maximum absolute atomic E-state index is 13.8. The van der Waals surface area contributed by atoms with E-state index in [1.165, 1.54) is 6.07 Å². The van der Waals surface area contributed by atoms with E-state index in [2.05, 4.69) is 4.90 Å². The molecule has 0 saturated carbocycles. The molecule has 4 heteroatoms. The van der Waals surface area contributed by atoms with E-state index in [0.29, 0.717) is 17.8 Å². The summed E-state index contributed by atoms with van der Waals surface area (Å²) < 4.78 is 26.7. The van der Waals surface area contributed by atoms with Gasteiger partial charge in [0.25, 0.3) is 0 Å². The molecule has 17 heavy (non-hydrogen) atoms. The van der Waals surface area contributed by atoms with Crippen LogP contribution >= 0.6 is 0 Å². The van der Waals surface area contributed by atoms with E-state index in [4.69, 9.17) is 5.73 Å². The Hall–Kier alpha value is -1.16. The Morgan fingerprint density at radius 1 is 1.12 bits per heavy atom. The van der Waals surface area contributed by atoms with Crippen LogP contribution in [0.4, 0.5) is 14.5 Å². The Labute approximate surface area is 99.4 Å². The van der Waals surface area contributed by atoms with Crippen LogP contribution in [-0.2, 0) is 0 Å². The molecule has 0 spiro atoms. The van der Waals surface area contributed by atoms with E-state index in [1.807, 2.05) is 0 Å². The first kappa shape index (κ1) is 11.0. The Morgan fingerprint density at radius 3 is 2.35 bits per heavy atom. The second-order valence-corrected chi connectivity index (χ2v) is 5.12. The largest absolute Gasteiger partial charge is 0.363 e. The SMILES string of the molecule is NC1CC2CCC(C1)N2c1ccc(F)cc1F. The van der Waals surface area contributed by atoms with E-state index >= 15 is 0 Å². The summed E-state index contributed by atoms with van der Waals surface area (Å²) in [6.45, 7) is 0. The van der Waals surface area contributed by atoms with Gasteiger partial charge in [-0.15, -0.1) is 0 Å². The molecule has 0 aliphatic carbocycles. The maximum Gasteiger partial charge on any atom is 0.149 e. The van der Waals surface area contributed by atoms with Crippen molar-refractivity contribution in [3.05, 3.63) is 29.8 Å². The van der Waals surface area contributed by atoms with Crippen molar-refractivity contribution >= 4 is 5.69 Å². The molecule has 2 heterocycles. The molecule has 3 rings (SSSR count). The van der Waals surface area contributed by atoms with Crippen molar-refractivity contribution in [3.63, 3.8) is 0 Å². The Morgan fingerprint density at radius 2 is 1.76 bits per heavy atom. The van der Waals surface area contributed by atoms with Crippen LogP contribution in [0.1, 0.15) is 25.7 Å². The summed E-state index contributed by atoms with van der Waals surface area (Å²) >= 11 is 0. The summed E-state index contributed by atoms with van der Waals surface area (Å²) in [6.07, 6.45) is 3.95. The highest BCUT2D eigenvalue weighted by atomic mass is 19.1. The van der Waals surface area contributed by atoms with Gasteiger partial charge in [-0.25, -0.2) is 8.78 Å². The first-order chi connectivity index (χ1) is 8.15. The maximum atomic E-state index is 13.8. The molecule has 2 aliphatic rings. The monoisotopic (exact) mass is 238 g/mol. The molecule has 0 aromatic heterocycles. The van der Waals surface area contributed by atoms with Crippen LogP contribution in [0.3, 0.4) is 0 Å². The summed E-state index contributed by atoms with van der Waals surface area (Å²) in [7, 11) is 0. The molecule has 92 valence electrons. The van der Waals surface area contributed by atoms with Gasteiger partial charge in [-0.2, -0.15) is 0 Å². The lowest BCUT2D eigenvalue weighted by atomic mass is 9.97. The van der Waals surface area contributed by atoms with E-state index in [9.17, 15) is 8.78 Å². The molecule has 2 nitrogen and oxygen atoms in total. The molecule has 0 amide bonds. The molecule has 2 fully saturated rings. The van der Waals surface area contributed by atoms with E-state index < -0.39 is 11.6 Å². The lowest BCUT2D eigenvalue weighted by Gasteiger charge is -2.39. The van der Waals surface area contributed by atoms with Crippen LogP contribution in [0.5, 0.6) is 0 Å². The molecular weight excluding hydrogens is 222 g/mol. The molecule has 2 saturated heterocycles. The molecule has 1 aromatic rings. The number of nitrogens with zero attached hydrogens (tertiary/aromatic N) is 1. The number of fused-ring (bicyclic) bond motifs is 2. The first-order valence-electron chi connectivity index (χ1n) is 6.14. The van der Waals surface area contributed by atoms with Crippen LogP contribution in [-0.4, -0.2) is 18.1 Å². The minimum atomic E-state index is -0.521. The number of halogens is 2. The zero-order chi connectivity index (χ0) is 12.0. The van der Waals surface area contributed by atoms with Gasteiger partial charge in [-0.05, 0) is 37.8 Å². The fourth-order valence-electron chi connectivity index (χ4n) is 3.30. The molecule has 2 aliphatic heterocycles. The van der Waals surface area contributed by atoms with Gasteiger partial charge in [0, 0.05) is 24.2 Å². The van der Waals surface area contributed by atoms with Gasteiger partial charge in [0.1, 0.15) is 11.6 Å². The van der Waals surface area contributed by atoms with Crippen LogP contribution in [0.25, 0.3) is 0 Å². The summed E-state index contributed by atoms with van der Waals surface area (Å²) in [5.74, 6) is -0.982. The van der Waals surface area contributed by atoms with E-state index in [0.717, 1.165) is 31.7 Å². The molecule has 0 radical (unpaired) electrons. The Kier molecular flexibility index (Phi) is 2.54. The first-order valence-corrected chi connectivity index (χ1v) is 6.14. The third-order valence-electron chi connectivity index (χ3n) is 3.96. The van der Waals surface area contributed by atoms with Gasteiger partial charge < -0.3 is 10.6 Å².